The number of nitrogens with zero attached hydrogens (tertiary/aromatic N) is 4. The van der Waals surface area contributed by atoms with Crippen LogP contribution in [0.2, 0.25) is 0 Å². The molecule has 0 fully saturated rings. The lowest BCUT2D eigenvalue weighted by molar-refractivity contribution is 0.0697. The average Bonchev–Trinajstić information content (AvgIpc) is 3.26. The van der Waals surface area contributed by atoms with Crippen molar-refractivity contribution < 1.29 is 18.3 Å². The lowest BCUT2D eigenvalue weighted by Gasteiger charge is -2.17. The summed E-state index contributed by atoms with van der Waals surface area (Å²) in [6.45, 7) is 0. The van der Waals surface area contributed by atoms with E-state index in [0.717, 1.165) is 15.9 Å². The van der Waals surface area contributed by atoms with Crippen LogP contribution in [-0.2, 0) is 10.0 Å². The van der Waals surface area contributed by atoms with Crippen molar-refractivity contribution in [2.45, 2.75) is 0 Å². The van der Waals surface area contributed by atoms with E-state index in [2.05, 4.69) is 25.3 Å². The standard InChI is InChI=1S/C22H20N6O4S/c1-28(33(2,31)32)20-14(4-3-12-24-20)7-10-18-17-11-13-23-19(17)27-22(26-18)25-16-8-5-15(6-9-16)21(29)30/h3-13H,1-2H3,(H,29,30)(H2,23,25,26,27)/b10-7+. The van der Waals surface area contributed by atoms with Gasteiger partial charge >= 0.3 is 5.97 Å². The molecular weight excluding hydrogens is 444 g/mol. The third-order valence-corrected chi connectivity index (χ3v) is 6.03. The number of aromatic carboxylic acids is 1. The van der Waals surface area contributed by atoms with Gasteiger partial charge in [-0.2, -0.15) is 4.98 Å². The molecule has 10 nitrogen and oxygen atoms in total. The minimum absolute atomic E-state index is 0.177. The van der Waals surface area contributed by atoms with Gasteiger partial charge in [-0.15, -0.1) is 0 Å². The molecule has 0 atom stereocenters. The van der Waals surface area contributed by atoms with Crippen molar-refractivity contribution in [1.29, 1.82) is 0 Å². The molecule has 0 radical (unpaired) electrons. The number of aromatic amines is 1. The van der Waals surface area contributed by atoms with E-state index in [1.165, 1.54) is 25.4 Å². The summed E-state index contributed by atoms with van der Waals surface area (Å²) in [5.41, 5.74) is 2.62. The summed E-state index contributed by atoms with van der Waals surface area (Å²) in [5, 5.41) is 12.9. The maximum atomic E-state index is 12.0. The molecule has 0 bridgehead atoms. The van der Waals surface area contributed by atoms with Crippen molar-refractivity contribution in [3.8, 4) is 0 Å². The summed E-state index contributed by atoms with van der Waals surface area (Å²) in [4.78, 5) is 27.3. The third-order valence-electron chi connectivity index (χ3n) is 4.87. The number of rotatable bonds is 7. The van der Waals surface area contributed by atoms with E-state index in [-0.39, 0.29) is 5.56 Å². The molecule has 4 aromatic rings. The van der Waals surface area contributed by atoms with Crippen LogP contribution in [-0.4, -0.2) is 52.7 Å². The number of anilines is 3. The molecule has 0 unspecified atom stereocenters. The third kappa shape index (κ3) is 4.83. The predicted molar refractivity (Wildman–Crippen MR) is 127 cm³/mol. The number of fused-ring (bicyclic) bond motifs is 1. The monoisotopic (exact) mass is 464 g/mol. The molecule has 0 spiro atoms. The van der Waals surface area contributed by atoms with Crippen LogP contribution in [0.3, 0.4) is 0 Å². The average molecular weight is 465 g/mol. The summed E-state index contributed by atoms with van der Waals surface area (Å²) < 4.78 is 25.1. The molecule has 0 aliphatic rings. The zero-order valence-corrected chi connectivity index (χ0v) is 18.5. The molecule has 0 saturated heterocycles. The molecule has 4 rings (SSSR count). The maximum absolute atomic E-state index is 12.0. The van der Waals surface area contributed by atoms with Crippen LogP contribution in [0.25, 0.3) is 23.2 Å². The van der Waals surface area contributed by atoms with Gasteiger partial charge in [0.25, 0.3) is 0 Å². The summed E-state index contributed by atoms with van der Waals surface area (Å²) >= 11 is 0. The Labute approximate surface area is 189 Å². The number of sulfonamides is 1. The van der Waals surface area contributed by atoms with Gasteiger partial charge in [-0.25, -0.2) is 23.2 Å². The lowest BCUT2D eigenvalue weighted by Crippen LogP contribution is -2.26. The SMILES string of the molecule is CN(c1ncccc1/C=C/c1nc(Nc2ccc(C(=O)O)cc2)nc2[nH]ccc12)S(C)(=O)=O. The second-order valence-corrected chi connectivity index (χ2v) is 9.17. The van der Waals surface area contributed by atoms with Crippen molar-refractivity contribution in [3.05, 3.63) is 71.7 Å². The van der Waals surface area contributed by atoms with Gasteiger partial charge in [0.15, 0.2) is 0 Å². The minimum atomic E-state index is -3.48. The molecule has 1 aromatic carbocycles. The van der Waals surface area contributed by atoms with Crippen LogP contribution in [0.15, 0.2) is 54.9 Å². The number of H-pyrrole nitrogens is 1. The zero-order chi connectivity index (χ0) is 23.6. The number of hydrogen-bond acceptors (Lipinski definition) is 7. The Kier molecular flexibility index (Phi) is 5.80. The highest BCUT2D eigenvalue weighted by atomic mass is 32.2. The first-order valence-electron chi connectivity index (χ1n) is 9.75. The van der Waals surface area contributed by atoms with Crippen LogP contribution < -0.4 is 9.62 Å². The Hall–Kier alpha value is -4.25. The van der Waals surface area contributed by atoms with Crippen molar-refractivity contribution in [2.24, 2.45) is 0 Å². The van der Waals surface area contributed by atoms with E-state index < -0.39 is 16.0 Å². The van der Waals surface area contributed by atoms with Crippen molar-refractivity contribution in [3.63, 3.8) is 0 Å². The number of pyridine rings is 1. The molecule has 3 heterocycles. The largest absolute Gasteiger partial charge is 0.478 e. The first-order chi connectivity index (χ1) is 15.7. The molecular formula is C22H20N6O4S. The van der Waals surface area contributed by atoms with Crippen molar-refractivity contribution >= 4 is 56.6 Å². The molecule has 3 aromatic heterocycles. The smallest absolute Gasteiger partial charge is 0.335 e. The van der Waals surface area contributed by atoms with Gasteiger partial charge in [0, 0.05) is 36.1 Å². The fourth-order valence-corrected chi connectivity index (χ4v) is 3.57. The number of carboxylic acid groups (broad SMARTS) is 1. The van der Waals surface area contributed by atoms with Crippen LogP contribution in [0.4, 0.5) is 17.5 Å². The zero-order valence-electron chi connectivity index (χ0n) is 17.7. The van der Waals surface area contributed by atoms with Crippen molar-refractivity contribution in [2.75, 3.05) is 22.9 Å². The Balaban J connectivity index is 1.69. The molecule has 0 aliphatic carbocycles. The van der Waals surface area contributed by atoms with Crippen molar-refractivity contribution in [1.82, 2.24) is 19.9 Å². The molecule has 33 heavy (non-hydrogen) atoms. The highest BCUT2D eigenvalue weighted by Crippen LogP contribution is 2.24. The van der Waals surface area contributed by atoms with Gasteiger partial charge in [-0.3, -0.25) is 4.31 Å². The molecule has 3 N–H and O–H groups in total. The first-order valence-corrected chi connectivity index (χ1v) is 11.6. The fraction of sp³-hybridized carbons (Fsp3) is 0.0909. The molecule has 168 valence electrons. The highest BCUT2D eigenvalue weighted by molar-refractivity contribution is 7.92. The molecule has 11 heteroatoms. The van der Waals surface area contributed by atoms with Gasteiger partial charge in [0.1, 0.15) is 11.5 Å². The Morgan fingerprint density at radius 1 is 1.12 bits per heavy atom. The quantitative estimate of drug-likeness (QED) is 0.378. The lowest BCUT2D eigenvalue weighted by atomic mass is 10.2. The van der Waals surface area contributed by atoms with Gasteiger partial charge in [0.2, 0.25) is 16.0 Å². The van der Waals surface area contributed by atoms with E-state index in [4.69, 9.17) is 5.11 Å². The minimum Gasteiger partial charge on any atom is -0.478 e. The fourth-order valence-electron chi connectivity index (χ4n) is 3.10. The van der Waals surface area contributed by atoms with Crippen LogP contribution in [0, 0.1) is 0 Å². The topological polar surface area (TPSA) is 141 Å². The van der Waals surface area contributed by atoms with E-state index in [0.29, 0.717) is 34.4 Å². The second-order valence-electron chi connectivity index (χ2n) is 7.16. The number of carbonyl (C=O) groups is 1. The Morgan fingerprint density at radius 3 is 2.58 bits per heavy atom. The summed E-state index contributed by atoms with van der Waals surface area (Å²) in [6, 6.07) is 11.6. The number of benzene rings is 1. The van der Waals surface area contributed by atoms with E-state index in [1.54, 1.807) is 42.6 Å². The number of nitrogens with one attached hydrogen (secondary N) is 2. The Morgan fingerprint density at radius 2 is 1.88 bits per heavy atom. The molecule has 0 amide bonds. The van der Waals surface area contributed by atoms with Crippen LogP contribution >= 0.6 is 0 Å². The van der Waals surface area contributed by atoms with Gasteiger partial charge in [-0.05, 0) is 54.6 Å². The second kappa shape index (κ2) is 8.71. The van der Waals surface area contributed by atoms with E-state index in [1.807, 2.05) is 6.07 Å². The summed E-state index contributed by atoms with van der Waals surface area (Å²) in [7, 11) is -2.03. The predicted octanol–water partition coefficient (Wildman–Crippen LogP) is 3.36. The summed E-state index contributed by atoms with van der Waals surface area (Å²) in [5.74, 6) is -0.394. The van der Waals surface area contributed by atoms with Crippen LogP contribution in [0.5, 0.6) is 0 Å². The van der Waals surface area contributed by atoms with Gasteiger partial charge in [0.05, 0.1) is 17.5 Å². The van der Waals surface area contributed by atoms with Gasteiger partial charge in [-0.1, -0.05) is 0 Å². The highest BCUT2D eigenvalue weighted by Gasteiger charge is 2.16. The molecule has 0 aliphatic heterocycles. The maximum Gasteiger partial charge on any atom is 0.335 e. The Bertz CT molecular complexity index is 1460. The normalized spacial score (nSPS) is 11.7. The van der Waals surface area contributed by atoms with Gasteiger partial charge < -0.3 is 15.4 Å². The van der Waals surface area contributed by atoms with E-state index in [9.17, 15) is 13.2 Å². The number of hydrogen-bond donors (Lipinski definition) is 3. The number of aromatic nitrogens is 4. The summed E-state index contributed by atoms with van der Waals surface area (Å²) in [6.07, 6.45) is 7.89. The molecule has 0 saturated carbocycles. The van der Waals surface area contributed by atoms with Crippen LogP contribution in [0.1, 0.15) is 21.6 Å². The number of carboxylic acids is 1. The van der Waals surface area contributed by atoms with E-state index >= 15 is 0 Å². The first kappa shape index (κ1) is 22.0.